The minimum atomic E-state index is -0.333. The lowest BCUT2D eigenvalue weighted by molar-refractivity contribution is 0.0977. The molecule has 0 fully saturated rings. The lowest BCUT2D eigenvalue weighted by Gasteiger charge is -2.12. The zero-order valence-electron chi connectivity index (χ0n) is 17.7. The molecular formula is C24H19ClIN3O3S. The third-order valence-corrected chi connectivity index (χ3v) is 5.70. The number of anilines is 1. The van der Waals surface area contributed by atoms with E-state index in [0.717, 1.165) is 9.13 Å². The number of nitrogens with one attached hydrogen (secondary N) is 2. The first-order chi connectivity index (χ1) is 15.8. The van der Waals surface area contributed by atoms with E-state index in [1.807, 2.05) is 32.0 Å². The van der Waals surface area contributed by atoms with Crippen LogP contribution < -0.4 is 15.4 Å². The number of thiocarbonyl (C=S) groups is 1. The zero-order valence-corrected chi connectivity index (χ0v) is 21.4. The van der Waals surface area contributed by atoms with Crippen LogP contribution >= 0.6 is 46.4 Å². The fourth-order valence-corrected chi connectivity index (χ4v) is 4.00. The Hall–Kier alpha value is -2.69. The number of benzene rings is 3. The molecule has 0 aliphatic carbocycles. The fraction of sp³-hybridized carbons (Fsp3) is 0.125. The summed E-state index contributed by atoms with van der Waals surface area (Å²) in [5.41, 5.74) is 3.09. The van der Waals surface area contributed by atoms with Crippen LogP contribution in [0.5, 0.6) is 5.75 Å². The SMILES string of the molecule is CC(C)Oc1cccc(C(=O)NC(=S)Nc2ccc3oc(-c4cc(I)ccc4Cl)nc3c2)c1. The van der Waals surface area contributed by atoms with Gasteiger partial charge in [-0.15, -0.1) is 0 Å². The van der Waals surface area contributed by atoms with Crippen LogP contribution in [0.3, 0.4) is 0 Å². The number of rotatable bonds is 5. The van der Waals surface area contributed by atoms with Gasteiger partial charge in [0.15, 0.2) is 10.7 Å². The van der Waals surface area contributed by atoms with Crippen molar-refractivity contribution in [1.29, 1.82) is 0 Å². The molecule has 0 aliphatic heterocycles. The van der Waals surface area contributed by atoms with E-state index in [1.54, 1.807) is 42.5 Å². The van der Waals surface area contributed by atoms with Crippen molar-refractivity contribution in [2.75, 3.05) is 5.32 Å². The third kappa shape index (κ3) is 5.82. The van der Waals surface area contributed by atoms with Crippen molar-refractivity contribution >= 4 is 74.2 Å². The number of oxazole rings is 1. The normalized spacial score (nSPS) is 10.9. The molecule has 4 aromatic rings. The average molecular weight is 592 g/mol. The molecule has 1 aromatic heterocycles. The van der Waals surface area contributed by atoms with Crippen molar-refractivity contribution in [2.45, 2.75) is 20.0 Å². The van der Waals surface area contributed by atoms with Crippen LogP contribution in [0.15, 0.2) is 65.1 Å². The Morgan fingerprint density at radius 2 is 1.97 bits per heavy atom. The van der Waals surface area contributed by atoms with E-state index in [9.17, 15) is 4.79 Å². The number of carbonyl (C=O) groups excluding carboxylic acids is 1. The number of carbonyl (C=O) groups is 1. The Kier molecular flexibility index (Phi) is 7.16. The first kappa shape index (κ1) is 23.5. The van der Waals surface area contributed by atoms with Gasteiger partial charge >= 0.3 is 0 Å². The average Bonchev–Trinajstić information content (AvgIpc) is 3.18. The standard InChI is InChI=1S/C24H19ClIN3O3S/c1-13(2)31-17-5-3-4-14(10-17)22(30)29-24(33)27-16-7-9-21-20(12-16)28-23(32-21)18-11-15(26)6-8-19(18)25/h3-13H,1-2H3,(H2,27,29,30,33). The molecule has 33 heavy (non-hydrogen) atoms. The van der Waals surface area contributed by atoms with E-state index in [4.69, 9.17) is 33.0 Å². The molecule has 0 spiro atoms. The molecule has 0 aliphatic rings. The summed E-state index contributed by atoms with van der Waals surface area (Å²) in [6, 6.07) is 18.0. The van der Waals surface area contributed by atoms with E-state index >= 15 is 0 Å². The predicted octanol–water partition coefficient (Wildman–Crippen LogP) is 6.67. The monoisotopic (exact) mass is 591 g/mol. The number of hydrogen-bond donors (Lipinski definition) is 2. The summed E-state index contributed by atoms with van der Waals surface area (Å²) in [6.45, 7) is 3.85. The van der Waals surface area contributed by atoms with E-state index < -0.39 is 0 Å². The molecule has 0 atom stereocenters. The summed E-state index contributed by atoms with van der Waals surface area (Å²) in [6.07, 6.45) is 0.0135. The Morgan fingerprint density at radius 1 is 1.15 bits per heavy atom. The van der Waals surface area contributed by atoms with Crippen molar-refractivity contribution < 1.29 is 13.9 Å². The molecule has 2 N–H and O–H groups in total. The van der Waals surface area contributed by atoms with Gasteiger partial charge in [0.25, 0.3) is 5.91 Å². The number of amides is 1. The summed E-state index contributed by atoms with van der Waals surface area (Å²) in [5, 5.41) is 6.42. The van der Waals surface area contributed by atoms with Crippen molar-refractivity contribution in [1.82, 2.24) is 10.3 Å². The van der Waals surface area contributed by atoms with Crippen LogP contribution in [0.2, 0.25) is 5.02 Å². The number of ether oxygens (including phenoxy) is 1. The maximum absolute atomic E-state index is 12.6. The van der Waals surface area contributed by atoms with Crippen LogP contribution in [0.4, 0.5) is 5.69 Å². The van der Waals surface area contributed by atoms with Crippen LogP contribution in [-0.4, -0.2) is 22.1 Å². The van der Waals surface area contributed by atoms with Crippen LogP contribution in [-0.2, 0) is 0 Å². The molecule has 6 nitrogen and oxygen atoms in total. The maximum Gasteiger partial charge on any atom is 0.257 e. The number of halogens is 2. The Bertz CT molecular complexity index is 1360. The molecule has 0 unspecified atom stereocenters. The second kappa shape index (κ2) is 10.1. The van der Waals surface area contributed by atoms with E-state index in [2.05, 4.69) is 38.2 Å². The smallest absolute Gasteiger partial charge is 0.257 e. The van der Waals surface area contributed by atoms with Crippen LogP contribution in [0.1, 0.15) is 24.2 Å². The highest BCUT2D eigenvalue weighted by Gasteiger charge is 2.14. The molecule has 0 radical (unpaired) electrons. The highest BCUT2D eigenvalue weighted by Crippen LogP contribution is 2.32. The van der Waals surface area contributed by atoms with E-state index in [-0.39, 0.29) is 17.1 Å². The van der Waals surface area contributed by atoms with E-state index in [1.165, 1.54) is 0 Å². The Morgan fingerprint density at radius 3 is 2.76 bits per heavy atom. The van der Waals surface area contributed by atoms with Crippen molar-refractivity contribution in [3.8, 4) is 17.2 Å². The molecule has 3 aromatic carbocycles. The van der Waals surface area contributed by atoms with Gasteiger partial charge in [-0.2, -0.15) is 0 Å². The van der Waals surface area contributed by atoms with Crippen LogP contribution in [0.25, 0.3) is 22.6 Å². The fourth-order valence-electron chi connectivity index (χ4n) is 3.10. The first-order valence-corrected chi connectivity index (χ1v) is 11.9. The lowest BCUT2D eigenvalue weighted by atomic mass is 10.2. The summed E-state index contributed by atoms with van der Waals surface area (Å²) in [4.78, 5) is 17.1. The maximum atomic E-state index is 12.6. The van der Waals surface area contributed by atoms with Gasteiger partial charge in [-0.05, 0) is 103 Å². The van der Waals surface area contributed by atoms with Gasteiger partial charge in [0.05, 0.1) is 16.7 Å². The number of nitrogens with zero attached hydrogens (tertiary/aromatic N) is 1. The molecule has 0 saturated carbocycles. The number of aromatic nitrogens is 1. The van der Waals surface area contributed by atoms with Crippen molar-refractivity contribution in [3.05, 3.63) is 74.8 Å². The van der Waals surface area contributed by atoms with Gasteiger partial charge in [-0.1, -0.05) is 17.7 Å². The van der Waals surface area contributed by atoms with Gasteiger partial charge in [0.1, 0.15) is 11.3 Å². The molecular weight excluding hydrogens is 573 g/mol. The highest BCUT2D eigenvalue weighted by atomic mass is 127. The van der Waals surface area contributed by atoms with Gasteiger partial charge < -0.3 is 14.5 Å². The molecule has 1 amide bonds. The third-order valence-electron chi connectivity index (χ3n) is 4.50. The summed E-state index contributed by atoms with van der Waals surface area (Å²) in [5.74, 6) is 0.724. The van der Waals surface area contributed by atoms with Gasteiger partial charge in [0, 0.05) is 14.8 Å². The van der Waals surface area contributed by atoms with Crippen LogP contribution in [0, 0.1) is 3.57 Å². The molecule has 1 heterocycles. The van der Waals surface area contributed by atoms with E-state index in [0.29, 0.717) is 39.0 Å². The van der Waals surface area contributed by atoms with Gasteiger partial charge in [-0.25, -0.2) is 4.98 Å². The van der Waals surface area contributed by atoms with Gasteiger partial charge in [-0.3, -0.25) is 10.1 Å². The second-order valence-electron chi connectivity index (χ2n) is 7.43. The molecule has 168 valence electrons. The molecule has 4 rings (SSSR count). The molecule has 9 heteroatoms. The summed E-state index contributed by atoms with van der Waals surface area (Å²) < 4.78 is 12.5. The second-order valence-corrected chi connectivity index (χ2v) is 9.49. The number of fused-ring (bicyclic) bond motifs is 1. The first-order valence-electron chi connectivity index (χ1n) is 10.0. The Balaban J connectivity index is 1.47. The minimum absolute atomic E-state index is 0.0135. The van der Waals surface area contributed by atoms with Gasteiger partial charge in [0.2, 0.25) is 5.89 Å². The number of hydrogen-bond acceptors (Lipinski definition) is 5. The molecule has 0 bridgehead atoms. The molecule has 0 saturated heterocycles. The zero-order chi connectivity index (χ0) is 23.5. The summed E-state index contributed by atoms with van der Waals surface area (Å²) in [7, 11) is 0. The predicted molar refractivity (Wildman–Crippen MR) is 143 cm³/mol. The lowest BCUT2D eigenvalue weighted by Crippen LogP contribution is -2.34. The Labute approximate surface area is 214 Å². The topological polar surface area (TPSA) is 76.4 Å². The van der Waals surface area contributed by atoms with Crippen molar-refractivity contribution in [3.63, 3.8) is 0 Å². The van der Waals surface area contributed by atoms with Crippen molar-refractivity contribution in [2.24, 2.45) is 0 Å². The quantitative estimate of drug-likeness (QED) is 0.200. The largest absolute Gasteiger partial charge is 0.491 e. The highest BCUT2D eigenvalue weighted by molar-refractivity contribution is 14.1. The minimum Gasteiger partial charge on any atom is -0.491 e. The summed E-state index contributed by atoms with van der Waals surface area (Å²) >= 11 is 13.8.